The smallest absolute Gasteiger partial charge is 0.0462 e. The van der Waals surface area contributed by atoms with E-state index in [-0.39, 0.29) is 0 Å². The highest BCUT2D eigenvalue weighted by molar-refractivity contribution is 5.91. The monoisotopic (exact) mass is 259 g/mol. The molecule has 1 heterocycles. The van der Waals surface area contributed by atoms with E-state index in [9.17, 15) is 0 Å². The number of aromatic amines is 1. The van der Waals surface area contributed by atoms with E-state index < -0.39 is 0 Å². The number of nitrogens with two attached hydrogens (primary N) is 1. The molecule has 0 fully saturated rings. The summed E-state index contributed by atoms with van der Waals surface area (Å²) in [6, 6.07) is 8.50. The largest absolute Gasteiger partial charge is 0.359 e. The molecule has 0 unspecified atom stereocenters. The first kappa shape index (κ1) is 14.9. The summed E-state index contributed by atoms with van der Waals surface area (Å²) in [5.74, 6) is 3.00. The zero-order valence-corrected chi connectivity index (χ0v) is 11.2. The van der Waals surface area contributed by atoms with E-state index in [0.29, 0.717) is 0 Å². The lowest BCUT2D eigenvalue weighted by Crippen LogP contribution is -1.82. The van der Waals surface area contributed by atoms with E-state index in [4.69, 9.17) is 4.48 Å². The van der Waals surface area contributed by atoms with Crippen molar-refractivity contribution in [1.82, 2.24) is 4.98 Å². The molecular formula is C15H18FN3. The number of aromatic nitrogens is 1. The maximum Gasteiger partial charge on any atom is 0.0462 e. The highest BCUT2D eigenvalue weighted by Gasteiger charge is 2.01. The van der Waals surface area contributed by atoms with E-state index >= 15 is 0 Å². The summed E-state index contributed by atoms with van der Waals surface area (Å²) in [5, 5.41) is 1.24. The summed E-state index contributed by atoms with van der Waals surface area (Å²) >= 11 is 0. The summed E-state index contributed by atoms with van der Waals surface area (Å²) < 4.78 is 9.00. The third-order valence-electron chi connectivity index (χ3n) is 2.71. The fourth-order valence-electron chi connectivity index (χ4n) is 1.89. The van der Waals surface area contributed by atoms with Gasteiger partial charge in [-0.15, -0.1) is 4.48 Å². The van der Waals surface area contributed by atoms with Crippen molar-refractivity contribution in [2.24, 2.45) is 10.9 Å². The number of rotatable bonds is 3. The number of nitrogens with zero attached hydrogens (tertiary/aromatic N) is 1. The summed E-state index contributed by atoms with van der Waals surface area (Å²) in [6.07, 6.45) is 5.59. The minimum absolute atomic E-state index is 1.07. The van der Waals surface area contributed by atoms with Gasteiger partial charge in [0.2, 0.25) is 0 Å². The first-order valence-electron chi connectivity index (χ1n) is 5.81. The Morgan fingerprint density at radius 3 is 2.74 bits per heavy atom. The average molecular weight is 259 g/mol. The molecule has 0 aliphatic heterocycles. The molecule has 0 bridgehead atoms. The molecule has 2 rings (SSSR count). The van der Waals surface area contributed by atoms with Crippen LogP contribution in [0.5, 0.6) is 0 Å². The molecule has 1 aromatic heterocycles. The van der Waals surface area contributed by atoms with Crippen molar-refractivity contribution >= 4 is 22.7 Å². The van der Waals surface area contributed by atoms with Crippen molar-refractivity contribution in [2.45, 2.75) is 6.92 Å². The molecule has 0 aliphatic rings. The van der Waals surface area contributed by atoms with E-state index in [1.165, 1.54) is 11.1 Å². The quantitative estimate of drug-likeness (QED) is 0.494. The minimum atomic E-state index is 1.07. The van der Waals surface area contributed by atoms with Crippen molar-refractivity contribution in [3.63, 3.8) is 0 Å². The molecule has 3 nitrogen and oxygen atoms in total. The van der Waals surface area contributed by atoms with Crippen molar-refractivity contribution < 1.29 is 4.48 Å². The molecule has 100 valence electrons. The highest BCUT2D eigenvalue weighted by atomic mass is 19.2. The van der Waals surface area contributed by atoms with Gasteiger partial charge in [-0.3, -0.25) is 4.99 Å². The Morgan fingerprint density at radius 1 is 1.37 bits per heavy atom. The third kappa shape index (κ3) is 3.63. The number of aryl methyl sites for hydroxylation is 1. The van der Waals surface area contributed by atoms with Gasteiger partial charge in [-0.05, 0) is 41.7 Å². The van der Waals surface area contributed by atoms with Crippen LogP contribution in [0.15, 0.2) is 48.0 Å². The van der Waals surface area contributed by atoms with Crippen LogP contribution in [0.1, 0.15) is 11.3 Å². The summed E-state index contributed by atoms with van der Waals surface area (Å²) in [4.78, 5) is 7.30. The number of hydrogen-bond acceptors (Lipinski definition) is 2. The van der Waals surface area contributed by atoms with Gasteiger partial charge in [0.25, 0.3) is 0 Å². The van der Waals surface area contributed by atoms with Gasteiger partial charge in [0.15, 0.2) is 0 Å². The van der Waals surface area contributed by atoms with Crippen LogP contribution in [0.3, 0.4) is 0 Å². The Balaban J connectivity index is 0.000000861. The molecule has 0 amide bonds. The maximum absolute atomic E-state index is 9.00. The van der Waals surface area contributed by atoms with Crippen LogP contribution in [-0.2, 0) is 0 Å². The number of benzene rings is 1. The van der Waals surface area contributed by atoms with Crippen LogP contribution >= 0.6 is 0 Å². The topological polar surface area (TPSA) is 54.2 Å². The van der Waals surface area contributed by atoms with Crippen molar-refractivity contribution in [3.8, 4) is 0 Å². The Labute approximate surface area is 112 Å². The highest BCUT2D eigenvalue weighted by Crippen LogP contribution is 2.22. The van der Waals surface area contributed by atoms with E-state index in [1.54, 1.807) is 13.3 Å². The molecule has 0 radical (unpaired) electrons. The van der Waals surface area contributed by atoms with Gasteiger partial charge in [0.05, 0.1) is 0 Å². The molecule has 2 aromatic rings. The molecule has 0 saturated carbocycles. The predicted octanol–water partition coefficient (Wildman–Crippen LogP) is 3.58. The molecule has 4 heteroatoms. The Kier molecular flexibility index (Phi) is 5.70. The standard InChI is InChI=1S/C15H16N2.FH2N/c1-4-12(7-8-16-3)13-5-6-14-9-11(2)17-15(14)10-13;1-2/h4-10,17H,1H2,2-3H3;2H2/b12-7+,16-8?;. The fraction of sp³-hybridized carbons (Fsp3) is 0.133. The normalized spacial score (nSPS) is 11.5. The fourth-order valence-corrected chi connectivity index (χ4v) is 1.89. The van der Waals surface area contributed by atoms with Crippen LogP contribution in [-0.4, -0.2) is 18.2 Å². The molecular weight excluding hydrogens is 241 g/mol. The van der Waals surface area contributed by atoms with Crippen LogP contribution in [0.2, 0.25) is 0 Å². The second kappa shape index (κ2) is 7.28. The Hall–Kier alpha value is -2.20. The molecule has 0 atom stereocenters. The lowest BCUT2D eigenvalue weighted by Gasteiger charge is -2.01. The van der Waals surface area contributed by atoms with E-state index in [2.05, 4.69) is 53.7 Å². The molecule has 0 aliphatic carbocycles. The second-order valence-corrected chi connectivity index (χ2v) is 3.99. The Bertz CT molecular complexity index is 609. The van der Waals surface area contributed by atoms with Gasteiger partial charge >= 0.3 is 0 Å². The van der Waals surface area contributed by atoms with Gasteiger partial charge in [0, 0.05) is 24.5 Å². The summed E-state index contributed by atoms with van der Waals surface area (Å²) in [7, 11) is 1.76. The third-order valence-corrected chi connectivity index (χ3v) is 2.71. The van der Waals surface area contributed by atoms with Gasteiger partial charge in [-0.2, -0.15) is 5.96 Å². The van der Waals surface area contributed by atoms with Crippen LogP contribution in [0, 0.1) is 6.92 Å². The predicted molar refractivity (Wildman–Crippen MR) is 80.9 cm³/mol. The Morgan fingerprint density at radius 2 is 2.11 bits per heavy atom. The van der Waals surface area contributed by atoms with Crippen molar-refractivity contribution in [2.75, 3.05) is 7.05 Å². The first-order valence-corrected chi connectivity index (χ1v) is 5.81. The van der Waals surface area contributed by atoms with Gasteiger partial charge in [-0.1, -0.05) is 24.8 Å². The van der Waals surface area contributed by atoms with Gasteiger partial charge < -0.3 is 4.98 Å². The first-order chi connectivity index (χ1) is 9.24. The van der Waals surface area contributed by atoms with Crippen LogP contribution in [0.25, 0.3) is 16.5 Å². The zero-order valence-electron chi connectivity index (χ0n) is 11.2. The average Bonchev–Trinajstić information content (AvgIpc) is 2.81. The van der Waals surface area contributed by atoms with Crippen molar-refractivity contribution in [1.29, 1.82) is 0 Å². The summed E-state index contributed by atoms with van der Waals surface area (Å²) in [6.45, 7) is 5.90. The minimum Gasteiger partial charge on any atom is -0.359 e. The number of H-pyrrole nitrogens is 1. The van der Waals surface area contributed by atoms with Gasteiger partial charge in [-0.25, -0.2) is 0 Å². The van der Waals surface area contributed by atoms with Crippen LogP contribution in [0.4, 0.5) is 4.48 Å². The van der Waals surface area contributed by atoms with E-state index in [1.807, 2.05) is 12.2 Å². The zero-order chi connectivity index (χ0) is 14.3. The van der Waals surface area contributed by atoms with E-state index in [0.717, 1.165) is 16.7 Å². The van der Waals surface area contributed by atoms with Gasteiger partial charge in [0.1, 0.15) is 0 Å². The molecule has 0 saturated heterocycles. The summed E-state index contributed by atoms with van der Waals surface area (Å²) in [5.41, 5.74) is 4.55. The molecule has 3 N–H and O–H groups in total. The maximum atomic E-state index is 9.00. The number of nitrogens with one attached hydrogen (secondary N) is 1. The molecule has 1 aromatic carbocycles. The molecule has 0 spiro atoms. The SMILES string of the molecule is C=C/C(=C\C=NC)c1ccc2cc(C)[nH]c2c1.NF. The number of fused-ring (bicyclic) bond motifs is 1. The second-order valence-electron chi connectivity index (χ2n) is 3.99. The van der Waals surface area contributed by atoms with Crippen molar-refractivity contribution in [3.05, 3.63) is 54.3 Å². The number of halogens is 1. The lowest BCUT2D eigenvalue weighted by atomic mass is 10.0. The lowest BCUT2D eigenvalue weighted by molar-refractivity contribution is 0.530. The number of aliphatic imine (C=N–C) groups is 1. The molecule has 19 heavy (non-hydrogen) atoms. The number of allylic oxidation sites excluding steroid dienone is 3. The van der Waals surface area contributed by atoms with Crippen LogP contribution < -0.4 is 5.96 Å². The number of hydrogen-bond donors (Lipinski definition) is 2.